The third-order valence-corrected chi connectivity index (χ3v) is 6.96. The van der Waals surface area contributed by atoms with Gasteiger partial charge in [-0.3, -0.25) is 24.9 Å². The van der Waals surface area contributed by atoms with Gasteiger partial charge in [-0.25, -0.2) is 14.9 Å². The van der Waals surface area contributed by atoms with Gasteiger partial charge in [0.2, 0.25) is 11.8 Å². The molecule has 0 aliphatic carbocycles. The van der Waals surface area contributed by atoms with Crippen LogP contribution in [0.15, 0.2) is 70.3 Å². The summed E-state index contributed by atoms with van der Waals surface area (Å²) in [5, 5.41) is 8.66. The number of nitrogens with zero attached hydrogens (tertiary/aromatic N) is 6. The summed E-state index contributed by atoms with van der Waals surface area (Å²) in [6.07, 6.45) is 1.55. The van der Waals surface area contributed by atoms with Crippen LogP contribution in [0, 0.1) is 5.82 Å². The van der Waals surface area contributed by atoms with Gasteiger partial charge in [0.05, 0.1) is 6.04 Å². The number of piperazine rings is 1. The minimum atomic E-state index is -0.447. The number of anilines is 1. The van der Waals surface area contributed by atoms with Crippen LogP contribution in [0.25, 0.3) is 22.6 Å². The van der Waals surface area contributed by atoms with Crippen LogP contribution in [0.2, 0.25) is 0 Å². The molecule has 0 bridgehead atoms. The van der Waals surface area contributed by atoms with Crippen LogP contribution in [-0.2, 0) is 4.79 Å². The van der Waals surface area contributed by atoms with Gasteiger partial charge in [-0.1, -0.05) is 18.2 Å². The number of hydrogen-bond acceptors (Lipinski definition) is 10. The van der Waals surface area contributed by atoms with Crippen LogP contribution < -0.4 is 16.3 Å². The van der Waals surface area contributed by atoms with Crippen LogP contribution >= 0.6 is 0 Å². The van der Waals surface area contributed by atoms with Gasteiger partial charge >= 0.3 is 0 Å². The zero-order valence-corrected chi connectivity index (χ0v) is 22.5. The standard InChI is InChI=1S/C28H28FN9O3/c1-17(39)31-19-7-8-24-22(16-19)32-27(41-24)18-9-10-30-23(15-18)28(40)38-13-11-37(12-14-38)25(26-33-35-36(2)34-26)20-5-3-4-6-21(20)29/h3-10,15-16,25,35H,11-14H2,1-2H3,(H,31,39)(H,33,34)/t25-/m1/s1. The number of aromatic nitrogens is 2. The predicted octanol–water partition coefficient (Wildman–Crippen LogP) is 2.75. The molecule has 4 heterocycles. The molecule has 13 heteroatoms. The van der Waals surface area contributed by atoms with Gasteiger partial charge in [-0.2, -0.15) is 0 Å². The quantitative estimate of drug-likeness (QED) is 0.328. The lowest BCUT2D eigenvalue weighted by Crippen LogP contribution is -2.53. The number of fused-ring (bicyclic) bond motifs is 1. The lowest BCUT2D eigenvalue weighted by atomic mass is 10.0. The van der Waals surface area contributed by atoms with Crippen molar-refractivity contribution < 1.29 is 18.4 Å². The Morgan fingerprint density at radius 1 is 1.07 bits per heavy atom. The summed E-state index contributed by atoms with van der Waals surface area (Å²) in [5.74, 6) is 0.214. The fourth-order valence-electron chi connectivity index (χ4n) is 5.04. The summed E-state index contributed by atoms with van der Waals surface area (Å²) in [6.45, 7) is 3.32. The third-order valence-electron chi connectivity index (χ3n) is 6.96. The number of amides is 2. The van der Waals surface area contributed by atoms with E-state index < -0.39 is 6.04 Å². The molecule has 210 valence electrons. The largest absolute Gasteiger partial charge is 0.436 e. The van der Waals surface area contributed by atoms with Gasteiger partial charge in [-0.15, -0.1) is 10.2 Å². The molecule has 1 fully saturated rings. The Labute approximate surface area is 234 Å². The van der Waals surface area contributed by atoms with Crippen molar-refractivity contribution in [1.29, 1.82) is 0 Å². The molecule has 2 amide bonds. The molecule has 3 N–H and O–H groups in total. The number of halogens is 1. The van der Waals surface area contributed by atoms with Gasteiger partial charge < -0.3 is 14.6 Å². The molecule has 2 aromatic heterocycles. The number of amidine groups is 1. The van der Waals surface area contributed by atoms with Gasteiger partial charge in [0, 0.05) is 63.2 Å². The molecular formula is C28H28FN9O3. The van der Waals surface area contributed by atoms with Crippen LogP contribution in [0.3, 0.4) is 0 Å². The lowest BCUT2D eigenvalue weighted by Gasteiger charge is -2.39. The molecule has 0 saturated carbocycles. The molecule has 4 aromatic rings. The molecule has 1 saturated heterocycles. The maximum atomic E-state index is 14.8. The van der Waals surface area contributed by atoms with E-state index in [1.807, 2.05) is 0 Å². The topological polar surface area (TPSA) is 131 Å². The molecule has 2 aliphatic rings. The van der Waals surface area contributed by atoms with E-state index in [1.54, 1.807) is 71.8 Å². The number of hydrogen-bond donors (Lipinski definition) is 3. The second-order valence-electron chi connectivity index (χ2n) is 9.83. The third kappa shape index (κ3) is 5.44. The second kappa shape index (κ2) is 10.9. The van der Waals surface area contributed by atoms with E-state index in [9.17, 15) is 14.0 Å². The number of oxazole rings is 1. The Kier molecular flexibility index (Phi) is 7.03. The molecule has 12 nitrogen and oxygen atoms in total. The number of hydrazine groups is 2. The average Bonchev–Trinajstić information content (AvgIpc) is 3.60. The van der Waals surface area contributed by atoms with Crippen molar-refractivity contribution in [2.24, 2.45) is 5.10 Å². The second-order valence-corrected chi connectivity index (χ2v) is 9.83. The highest BCUT2D eigenvalue weighted by Crippen LogP contribution is 2.28. The molecule has 0 spiro atoms. The van der Waals surface area contributed by atoms with Crippen LogP contribution in [0.5, 0.6) is 0 Å². The maximum Gasteiger partial charge on any atom is 0.272 e. The lowest BCUT2D eigenvalue weighted by molar-refractivity contribution is -0.114. The number of carbonyl (C=O) groups is 2. The summed E-state index contributed by atoms with van der Waals surface area (Å²) in [7, 11) is 1.77. The average molecular weight is 558 g/mol. The van der Waals surface area contributed by atoms with Crippen molar-refractivity contribution in [3.63, 3.8) is 0 Å². The predicted molar refractivity (Wildman–Crippen MR) is 150 cm³/mol. The van der Waals surface area contributed by atoms with Gasteiger partial charge in [0.15, 0.2) is 11.4 Å². The van der Waals surface area contributed by atoms with Crippen molar-refractivity contribution >= 4 is 34.4 Å². The first-order chi connectivity index (χ1) is 19.9. The molecule has 0 radical (unpaired) electrons. The fraction of sp³-hybridized carbons (Fsp3) is 0.250. The highest BCUT2D eigenvalue weighted by atomic mass is 19.1. The van der Waals surface area contributed by atoms with Crippen molar-refractivity contribution in [3.05, 3.63) is 77.9 Å². The highest BCUT2D eigenvalue weighted by molar-refractivity contribution is 5.94. The van der Waals surface area contributed by atoms with Crippen LogP contribution in [0.4, 0.5) is 10.1 Å². The van der Waals surface area contributed by atoms with Crippen molar-refractivity contribution in [3.8, 4) is 11.5 Å². The minimum absolute atomic E-state index is 0.178. The Morgan fingerprint density at radius 3 is 2.61 bits per heavy atom. The van der Waals surface area contributed by atoms with E-state index >= 15 is 0 Å². The SMILES string of the molecule is CC(=O)Nc1ccc2oc(-c3ccnc(C(=O)N4CCN([C@@H](C5=NNN(C)N5)c5ccccc5F)CC4)c3)nc2c1. The molecule has 41 heavy (non-hydrogen) atoms. The normalized spacial score (nSPS) is 16.7. The summed E-state index contributed by atoms with van der Waals surface area (Å²) in [5.41, 5.74) is 9.09. The van der Waals surface area contributed by atoms with E-state index in [1.165, 1.54) is 13.0 Å². The Balaban J connectivity index is 1.17. The van der Waals surface area contributed by atoms with Gasteiger partial charge in [0.25, 0.3) is 5.91 Å². The first kappa shape index (κ1) is 26.3. The summed E-state index contributed by atoms with van der Waals surface area (Å²) in [6, 6.07) is 14.8. The van der Waals surface area contributed by atoms with E-state index in [4.69, 9.17) is 4.42 Å². The monoisotopic (exact) mass is 557 g/mol. The van der Waals surface area contributed by atoms with E-state index in [2.05, 4.69) is 36.2 Å². The van der Waals surface area contributed by atoms with E-state index in [0.717, 1.165) is 0 Å². The first-order valence-corrected chi connectivity index (χ1v) is 13.1. The first-order valence-electron chi connectivity index (χ1n) is 13.1. The van der Waals surface area contributed by atoms with Crippen molar-refractivity contribution in [1.82, 2.24) is 35.8 Å². The van der Waals surface area contributed by atoms with Crippen LogP contribution in [0.1, 0.15) is 29.0 Å². The Bertz CT molecular complexity index is 1650. The minimum Gasteiger partial charge on any atom is -0.436 e. The fourth-order valence-corrected chi connectivity index (χ4v) is 5.04. The number of hydrazone groups is 1. The number of carbonyl (C=O) groups excluding carboxylic acids is 2. The van der Waals surface area contributed by atoms with Gasteiger partial charge in [-0.05, 0) is 36.4 Å². The molecular weight excluding hydrogens is 529 g/mol. The number of benzene rings is 2. The zero-order valence-electron chi connectivity index (χ0n) is 22.5. The summed E-state index contributed by atoms with van der Waals surface area (Å²) >= 11 is 0. The van der Waals surface area contributed by atoms with Crippen molar-refractivity contribution in [2.45, 2.75) is 13.0 Å². The highest BCUT2D eigenvalue weighted by Gasteiger charge is 2.34. The van der Waals surface area contributed by atoms with Crippen molar-refractivity contribution in [2.75, 3.05) is 38.5 Å². The summed E-state index contributed by atoms with van der Waals surface area (Å²) < 4.78 is 20.7. The van der Waals surface area contributed by atoms with Crippen LogP contribution in [-0.4, -0.2) is 75.8 Å². The maximum absolute atomic E-state index is 14.8. The van der Waals surface area contributed by atoms with Gasteiger partial charge in [0.1, 0.15) is 17.0 Å². The zero-order chi connectivity index (χ0) is 28.5. The van der Waals surface area contributed by atoms with E-state index in [-0.39, 0.29) is 23.3 Å². The number of pyridine rings is 1. The van der Waals surface area contributed by atoms with E-state index in [0.29, 0.717) is 65.8 Å². The Hall–Kier alpha value is -4.88. The molecule has 2 aliphatic heterocycles. The molecule has 6 rings (SSSR count). The molecule has 2 aromatic carbocycles. The number of rotatable bonds is 6. The molecule has 0 unspecified atom stereocenters. The smallest absolute Gasteiger partial charge is 0.272 e. The molecule has 1 atom stereocenters. The summed E-state index contributed by atoms with van der Waals surface area (Å²) in [4.78, 5) is 37.5. The Morgan fingerprint density at radius 2 is 1.88 bits per heavy atom. The number of nitrogens with one attached hydrogen (secondary N) is 3.